The maximum atomic E-state index is 12.5. The number of ether oxygens (including phenoxy) is 1. The number of aryl methyl sites for hydroxylation is 1. The minimum absolute atomic E-state index is 0.122. The molecular weight excluding hydrogens is 302 g/mol. The Morgan fingerprint density at radius 2 is 1.92 bits per heavy atom. The third kappa shape index (κ3) is 3.30. The molecule has 5 nitrogen and oxygen atoms in total. The average molecular weight is 321 g/mol. The summed E-state index contributed by atoms with van der Waals surface area (Å²) in [7, 11) is 3.49. The molecule has 122 valence electrons. The zero-order valence-electron chi connectivity index (χ0n) is 13.7. The van der Waals surface area contributed by atoms with E-state index in [0.717, 1.165) is 22.4 Å². The van der Waals surface area contributed by atoms with Gasteiger partial charge in [-0.25, -0.2) is 0 Å². The molecule has 1 N–H and O–H groups in total. The number of carbonyl (C=O) groups is 1. The minimum atomic E-state index is -0.122. The Kier molecular flexibility index (Phi) is 4.61. The van der Waals surface area contributed by atoms with E-state index in [1.807, 2.05) is 60.3 Å². The molecule has 0 aliphatic rings. The van der Waals surface area contributed by atoms with Gasteiger partial charge in [-0.2, -0.15) is 0 Å². The number of nitrogens with one attached hydrogen (secondary N) is 1. The van der Waals surface area contributed by atoms with Crippen molar-refractivity contribution in [1.29, 1.82) is 0 Å². The van der Waals surface area contributed by atoms with Crippen LogP contribution in [0.1, 0.15) is 16.1 Å². The van der Waals surface area contributed by atoms with E-state index >= 15 is 0 Å². The zero-order valence-corrected chi connectivity index (χ0v) is 13.7. The first kappa shape index (κ1) is 15.8. The summed E-state index contributed by atoms with van der Waals surface area (Å²) in [5.74, 6) is 0.644. The third-order valence-electron chi connectivity index (χ3n) is 3.88. The topological polar surface area (TPSA) is 56.1 Å². The quantitative estimate of drug-likeness (QED) is 0.786. The number of aromatic nitrogens is 2. The van der Waals surface area contributed by atoms with Gasteiger partial charge < -0.3 is 14.6 Å². The molecule has 0 aliphatic carbocycles. The first-order valence-corrected chi connectivity index (χ1v) is 7.66. The van der Waals surface area contributed by atoms with Gasteiger partial charge in [0.15, 0.2) is 0 Å². The molecule has 0 spiro atoms. The number of methoxy groups -OCH3 is 1. The highest BCUT2D eigenvalue weighted by Crippen LogP contribution is 2.21. The number of nitrogens with zero attached hydrogens (tertiary/aromatic N) is 2. The lowest BCUT2D eigenvalue weighted by Gasteiger charge is -2.09. The maximum absolute atomic E-state index is 12.5. The van der Waals surface area contributed by atoms with Crippen LogP contribution in [0.25, 0.3) is 11.1 Å². The van der Waals surface area contributed by atoms with Gasteiger partial charge in [-0.15, -0.1) is 0 Å². The van der Waals surface area contributed by atoms with Crippen molar-refractivity contribution in [2.75, 3.05) is 7.11 Å². The van der Waals surface area contributed by atoms with E-state index in [4.69, 9.17) is 4.74 Å². The predicted octanol–water partition coefficient (Wildman–Crippen LogP) is 3.03. The number of rotatable bonds is 5. The molecule has 2 heterocycles. The molecule has 0 fully saturated rings. The molecule has 24 heavy (non-hydrogen) atoms. The second-order valence-corrected chi connectivity index (χ2v) is 5.46. The second-order valence-electron chi connectivity index (χ2n) is 5.46. The molecular formula is C19H19N3O2. The van der Waals surface area contributed by atoms with Gasteiger partial charge in [0.1, 0.15) is 11.4 Å². The van der Waals surface area contributed by atoms with E-state index in [2.05, 4.69) is 10.3 Å². The van der Waals surface area contributed by atoms with Crippen LogP contribution in [0.3, 0.4) is 0 Å². The van der Waals surface area contributed by atoms with Crippen LogP contribution in [0.5, 0.6) is 5.75 Å². The number of pyridine rings is 1. The van der Waals surface area contributed by atoms with Crippen LogP contribution in [-0.4, -0.2) is 22.6 Å². The molecule has 0 bridgehead atoms. The largest absolute Gasteiger partial charge is 0.496 e. The van der Waals surface area contributed by atoms with E-state index in [0.29, 0.717) is 12.2 Å². The van der Waals surface area contributed by atoms with Gasteiger partial charge >= 0.3 is 0 Å². The summed E-state index contributed by atoms with van der Waals surface area (Å²) in [5.41, 5.74) is 3.57. The lowest BCUT2D eigenvalue weighted by molar-refractivity contribution is 0.0942. The van der Waals surface area contributed by atoms with Crippen LogP contribution in [-0.2, 0) is 13.6 Å². The SMILES string of the molecule is COc1ccccc1CNC(=O)c1cc(-c2ccncc2)cn1C. The highest BCUT2D eigenvalue weighted by Gasteiger charge is 2.13. The molecule has 1 aromatic carbocycles. The highest BCUT2D eigenvalue weighted by atomic mass is 16.5. The monoisotopic (exact) mass is 321 g/mol. The number of carbonyl (C=O) groups excluding carboxylic acids is 1. The molecule has 3 rings (SSSR count). The summed E-state index contributed by atoms with van der Waals surface area (Å²) in [6.07, 6.45) is 5.42. The molecule has 0 unspecified atom stereocenters. The Hall–Kier alpha value is -3.08. The van der Waals surface area contributed by atoms with Gasteiger partial charge in [0.25, 0.3) is 5.91 Å². The molecule has 0 radical (unpaired) electrons. The number of amides is 1. The molecule has 3 aromatic rings. The number of para-hydroxylation sites is 1. The van der Waals surface area contributed by atoms with Crippen molar-refractivity contribution in [3.63, 3.8) is 0 Å². The molecule has 0 aliphatic heterocycles. The van der Waals surface area contributed by atoms with Crippen molar-refractivity contribution in [3.8, 4) is 16.9 Å². The third-order valence-corrected chi connectivity index (χ3v) is 3.88. The van der Waals surface area contributed by atoms with Gasteiger partial charge in [0, 0.05) is 43.3 Å². The fourth-order valence-electron chi connectivity index (χ4n) is 2.61. The lowest BCUT2D eigenvalue weighted by atomic mass is 10.1. The van der Waals surface area contributed by atoms with Crippen molar-refractivity contribution in [2.24, 2.45) is 7.05 Å². The Morgan fingerprint density at radius 3 is 2.67 bits per heavy atom. The normalized spacial score (nSPS) is 10.4. The van der Waals surface area contributed by atoms with E-state index in [-0.39, 0.29) is 5.91 Å². The van der Waals surface area contributed by atoms with Gasteiger partial charge in [0.05, 0.1) is 7.11 Å². The molecule has 0 saturated carbocycles. The van der Waals surface area contributed by atoms with E-state index < -0.39 is 0 Å². The molecule has 5 heteroatoms. The number of benzene rings is 1. The van der Waals surface area contributed by atoms with Gasteiger partial charge in [0.2, 0.25) is 0 Å². The van der Waals surface area contributed by atoms with Gasteiger partial charge in [-0.3, -0.25) is 9.78 Å². The predicted molar refractivity (Wildman–Crippen MR) is 92.8 cm³/mol. The van der Waals surface area contributed by atoms with Crippen LogP contribution < -0.4 is 10.1 Å². The maximum Gasteiger partial charge on any atom is 0.268 e. The Bertz CT molecular complexity index is 841. The highest BCUT2D eigenvalue weighted by molar-refractivity contribution is 5.94. The number of hydrogen-bond donors (Lipinski definition) is 1. The van der Waals surface area contributed by atoms with E-state index in [9.17, 15) is 4.79 Å². The number of hydrogen-bond acceptors (Lipinski definition) is 3. The van der Waals surface area contributed by atoms with Crippen molar-refractivity contribution in [3.05, 3.63) is 72.3 Å². The van der Waals surface area contributed by atoms with E-state index in [1.165, 1.54) is 0 Å². The minimum Gasteiger partial charge on any atom is -0.496 e. The zero-order chi connectivity index (χ0) is 16.9. The summed E-state index contributed by atoms with van der Waals surface area (Å²) in [6.45, 7) is 0.415. The summed E-state index contributed by atoms with van der Waals surface area (Å²) in [4.78, 5) is 16.5. The summed E-state index contributed by atoms with van der Waals surface area (Å²) in [6, 6.07) is 13.4. The van der Waals surface area contributed by atoms with Gasteiger partial charge in [-0.1, -0.05) is 18.2 Å². The fourth-order valence-corrected chi connectivity index (χ4v) is 2.61. The molecule has 2 aromatic heterocycles. The first-order chi connectivity index (χ1) is 11.7. The smallest absolute Gasteiger partial charge is 0.268 e. The van der Waals surface area contributed by atoms with Crippen molar-refractivity contribution < 1.29 is 9.53 Å². The van der Waals surface area contributed by atoms with Crippen LogP contribution >= 0.6 is 0 Å². The molecule has 0 saturated heterocycles. The van der Waals surface area contributed by atoms with Crippen molar-refractivity contribution in [1.82, 2.24) is 14.9 Å². The van der Waals surface area contributed by atoms with E-state index in [1.54, 1.807) is 19.5 Å². The van der Waals surface area contributed by atoms with Crippen molar-refractivity contribution >= 4 is 5.91 Å². The Labute approximate surface area is 140 Å². The van der Waals surface area contributed by atoms with Crippen molar-refractivity contribution in [2.45, 2.75) is 6.54 Å². The van der Waals surface area contributed by atoms with Crippen LogP contribution in [0, 0.1) is 0 Å². The van der Waals surface area contributed by atoms with Gasteiger partial charge in [-0.05, 0) is 29.8 Å². The summed E-state index contributed by atoms with van der Waals surface area (Å²) < 4.78 is 7.13. The van der Waals surface area contributed by atoms with Crippen LogP contribution in [0.4, 0.5) is 0 Å². The Morgan fingerprint density at radius 1 is 1.17 bits per heavy atom. The first-order valence-electron chi connectivity index (χ1n) is 7.66. The Balaban J connectivity index is 1.75. The standard InChI is InChI=1S/C19H19N3O2/c1-22-13-16(14-7-9-20-10-8-14)11-17(22)19(23)21-12-15-5-3-4-6-18(15)24-2/h3-11,13H,12H2,1-2H3,(H,21,23). The van der Waals surface area contributed by atoms with Crippen LogP contribution in [0.15, 0.2) is 61.1 Å². The summed E-state index contributed by atoms with van der Waals surface area (Å²) in [5, 5.41) is 2.94. The fraction of sp³-hybridized carbons (Fsp3) is 0.158. The average Bonchev–Trinajstić information content (AvgIpc) is 3.02. The lowest BCUT2D eigenvalue weighted by Crippen LogP contribution is -2.24. The second kappa shape index (κ2) is 7.00. The van der Waals surface area contributed by atoms with Crippen LogP contribution in [0.2, 0.25) is 0 Å². The molecule has 0 atom stereocenters. The summed E-state index contributed by atoms with van der Waals surface area (Å²) >= 11 is 0. The molecule has 1 amide bonds.